The lowest BCUT2D eigenvalue weighted by Gasteiger charge is -2.01. The van der Waals surface area contributed by atoms with Crippen LogP contribution in [0, 0.1) is 11.8 Å². The monoisotopic (exact) mass is 238 g/mol. The van der Waals surface area contributed by atoms with E-state index in [9.17, 15) is 4.79 Å². The van der Waals surface area contributed by atoms with Crippen LogP contribution in [0.15, 0.2) is 12.3 Å². The number of nitrogens with one attached hydrogen (secondary N) is 1. The van der Waals surface area contributed by atoms with Gasteiger partial charge in [0.25, 0.3) is 0 Å². The topological polar surface area (TPSA) is 51.2 Å². The number of pyridine rings is 1. The van der Waals surface area contributed by atoms with Crippen LogP contribution in [0.5, 0.6) is 0 Å². The van der Waals surface area contributed by atoms with Crippen molar-refractivity contribution in [2.45, 2.75) is 0 Å². The number of ether oxygens (including phenoxy) is 1. The van der Waals surface area contributed by atoms with Gasteiger partial charge in [-0.05, 0) is 13.1 Å². The molecule has 0 atom stereocenters. The lowest BCUT2D eigenvalue weighted by atomic mass is 10.2. The summed E-state index contributed by atoms with van der Waals surface area (Å²) in [5, 5.41) is 3.00. The first kappa shape index (κ1) is 12.5. The molecule has 84 valence electrons. The van der Waals surface area contributed by atoms with Gasteiger partial charge in [-0.3, -0.25) is 0 Å². The van der Waals surface area contributed by atoms with Gasteiger partial charge in [0, 0.05) is 11.8 Å². The summed E-state index contributed by atoms with van der Waals surface area (Å²) in [4.78, 5) is 15.2. The number of carbonyl (C=O) groups excluding carboxylic acids is 1. The van der Waals surface area contributed by atoms with E-state index in [1.165, 1.54) is 13.3 Å². The number of hydrogen-bond donors (Lipinski definition) is 1. The molecule has 1 N–H and O–H groups in total. The highest BCUT2D eigenvalue weighted by molar-refractivity contribution is 6.32. The van der Waals surface area contributed by atoms with Gasteiger partial charge in [0.15, 0.2) is 0 Å². The average Bonchev–Trinajstić information content (AvgIpc) is 2.30. The second-order valence-electron chi connectivity index (χ2n) is 2.89. The molecule has 0 aliphatic rings. The Bertz CT molecular complexity index is 449. The van der Waals surface area contributed by atoms with Crippen LogP contribution >= 0.6 is 11.6 Å². The molecule has 0 aliphatic carbocycles. The maximum Gasteiger partial charge on any atom is 0.341 e. The van der Waals surface area contributed by atoms with Gasteiger partial charge >= 0.3 is 5.97 Å². The minimum atomic E-state index is -0.519. The zero-order chi connectivity index (χ0) is 12.0. The van der Waals surface area contributed by atoms with Crippen LogP contribution in [0.3, 0.4) is 0 Å². The molecule has 16 heavy (non-hydrogen) atoms. The van der Waals surface area contributed by atoms with Crippen LogP contribution in [0.25, 0.3) is 0 Å². The van der Waals surface area contributed by atoms with Gasteiger partial charge in [0.1, 0.15) is 5.15 Å². The van der Waals surface area contributed by atoms with Crippen molar-refractivity contribution >= 4 is 17.6 Å². The van der Waals surface area contributed by atoms with Gasteiger partial charge in [-0.2, -0.15) is 0 Å². The first-order valence-electron chi connectivity index (χ1n) is 4.56. The van der Waals surface area contributed by atoms with Crippen molar-refractivity contribution in [3.8, 4) is 11.8 Å². The van der Waals surface area contributed by atoms with Crippen LogP contribution in [0.4, 0.5) is 0 Å². The summed E-state index contributed by atoms with van der Waals surface area (Å²) in [6.45, 7) is 0.566. The molecule has 1 aromatic rings. The van der Waals surface area contributed by atoms with Gasteiger partial charge in [0.2, 0.25) is 0 Å². The molecule has 0 unspecified atom stereocenters. The molecule has 4 nitrogen and oxygen atoms in total. The fraction of sp³-hybridized carbons (Fsp3) is 0.273. The largest absolute Gasteiger partial charge is 0.465 e. The number of nitrogens with zero attached hydrogens (tertiary/aromatic N) is 1. The van der Waals surface area contributed by atoms with Crippen molar-refractivity contribution in [3.05, 3.63) is 28.5 Å². The zero-order valence-corrected chi connectivity index (χ0v) is 9.76. The van der Waals surface area contributed by atoms with E-state index >= 15 is 0 Å². The lowest BCUT2D eigenvalue weighted by Crippen LogP contribution is -2.05. The van der Waals surface area contributed by atoms with E-state index in [4.69, 9.17) is 11.6 Å². The zero-order valence-electron chi connectivity index (χ0n) is 9.00. The number of aromatic nitrogens is 1. The molecule has 0 aromatic carbocycles. The summed E-state index contributed by atoms with van der Waals surface area (Å²) < 4.78 is 4.57. The number of methoxy groups -OCH3 is 1. The molecule has 1 heterocycles. The standard InChI is InChI=1S/C11H11ClN2O2/c1-13-5-3-4-8-6-9(11(15)16-2)10(12)14-7-8/h6-7,13H,5H2,1-2H3. The number of carbonyl (C=O) groups is 1. The molecule has 0 radical (unpaired) electrons. The third-order valence-corrected chi connectivity index (χ3v) is 2.04. The summed E-state index contributed by atoms with van der Waals surface area (Å²) in [7, 11) is 3.09. The third kappa shape index (κ3) is 3.23. The van der Waals surface area contributed by atoms with Crippen molar-refractivity contribution in [3.63, 3.8) is 0 Å². The summed E-state index contributed by atoms with van der Waals surface area (Å²) in [5.41, 5.74) is 0.848. The Balaban J connectivity index is 2.99. The van der Waals surface area contributed by atoms with E-state index in [2.05, 4.69) is 26.9 Å². The van der Waals surface area contributed by atoms with Crippen molar-refractivity contribution in [2.24, 2.45) is 0 Å². The molecule has 1 aromatic heterocycles. The van der Waals surface area contributed by atoms with Crippen LogP contribution in [-0.4, -0.2) is 31.7 Å². The minimum Gasteiger partial charge on any atom is -0.465 e. The molecule has 0 fully saturated rings. The van der Waals surface area contributed by atoms with Crippen molar-refractivity contribution in [2.75, 3.05) is 20.7 Å². The van der Waals surface area contributed by atoms with Crippen LogP contribution in [-0.2, 0) is 4.74 Å². The summed E-state index contributed by atoms with van der Waals surface area (Å²) in [6.07, 6.45) is 1.51. The molecule has 0 saturated heterocycles. The molecule has 0 aliphatic heterocycles. The van der Waals surface area contributed by atoms with Gasteiger partial charge in [-0.1, -0.05) is 23.4 Å². The second-order valence-corrected chi connectivity index (χ2v) is 3.24. The fourth-order valence-electron chi connectivity index (χ4n) is 1.00. The molecule has 0 bridgehead atoms. The number of rotatable bonds is 2. The number of esters is 1. The maximum atomic E-state index is 11.3. The summed E-state index contributed by atoms with van der Waals surface area (Å²) in [5.74, 6) is 5.19. The summed E-state index contributed by atoms with van der Waals surface area (Å²) >= 11 is 5.76. The number of halogens is 1. The Hall–Kier alpha value is -1.57. The molecular formula is C11H11ClN2O2. The Kier molecular flexibility index (Phi) is 4.77. The molecular weight excluding hydrogens is 228 g/mol. The highest BCUT2D eigenvalue weighted by Crippen LogP contribution is 2.14. The minimum absolute atomic E-state index is 0.117. The first-order valence-corrected chi connectivity index (χ1v) is 4.94. The average molecular weight is 239 g/mol. The van der Waals surface area contributed by atoms with E-state index in [1.807, 2.05) is 0 Å². The molecule has 0 amide bonds. The lowest BCUT2D eigenvalue weighted by molar-refractivity contribution is 0.0600. The van der Waals surface area contributed by atoms with Crippen LogP contribution in [0.1, 0.15) is 15.9 Å². The molecule has 0 saturated carbocycles. The van der Waals surface area contributed by atoms with E-state index in [-0.39, 0.29) is 10.7 Å². The smallest absolute Gasteiger partial charge is 0.341 e. The van der Waals surface area contributed by atoms with Gasteiger partial charge in [-0.15, -0.1) is 0 Å². The number of hydrogen-bond acceptors (Lipinski definition) is 4. The summed E-state index contributed by atoms with van der Waals surface area (Å²) in [6, 6.07) is 1.56. The van der Waals surface area contributed by atoms with Gasteiger partial charge in [-0.25, -0.2) is 9.78 Å². The quantitative estimate of drug-likeness (QED) is 0.476. The highest BCUT2D eigenvalue weighted by atomic mass is 35.5. The van der Waals surface area contributed by atoms with Crippen molar-refractivity contribution in [1.82, 2.24) is 10.3 Å². The highest BCUT2D eigenvalue weighted by Gasteiger charge is 2.11. The Labute approximate surface area is 99.0 Å². The van der Waals surface area contributed by atoms with E-state index < -0.39 is 5.97 Å². The SMILES string of the molecule is CNCC#Cc1cnc(Cl)c(C(=O)OC)c1. The first-order chi connectivity index (χ1) is 7.69. The molecule has 1 rings (SSSR count). The Morgan fingerprint density at radius 1 is 1.69 bits per heavy atom. The van der Waals surface area contributed by atoms with Crippen LogP contribution < -0.4 is 5.32 Å². The molecule has 5 heteroatoms. The third-order valence-electron chi connectivity index (χ3n) is 1.74. The van der Waals surface area contributed by atoms with Gasteiger partial charge < -0.3 is 10.1 Å². The van der Waals surface area contributed by atoms with Gasteiger partial charge in [0.05, 0.1) is 19.2 Å². The van der Waals surface area contributed by atoms with E-state index in [0.29, 0.717) is 12.1 Å². The maximum absolute atomic E-state index is 11.3. The van der Waals surface area contributed by atoms with E-state index in [1.54, 1.807) is 13.1 Å². The van der Waals surface area contributed by atoms with Crippen molar-refractivity contribution in [1.29, 1.82) is 0 Å². The predicted molar refractivity (Wildman–Crippen MR) is 61.4 cm³/mol. The van der Waals surface area contributed by atoms with Crippen LogP contribution in [0.2, 0.25) is 5.15 Å². The second kappa shape index (κ2) is 6.11. The Morgan fingerprint density at radius 2 is 2.44 bits per heavy atom. The van der Waals surface area contributed by atoms with Crippen molar-refractivity contribution < 1.29 is 9.53 Å². The normalized spacial score (nSPS) is 9.19. The Morgan fingerprint density at radius 3 is 3.06 bits per heavy atom. The van der Waals surface area contributed by atoms with E-state index in [0.717, 1.165) is 0 Å². The fourth-order valence-corrected chi connectivity index (χ4v) is 1.18. The molecule has 0 spiro atoms. The predicted octanol–water partition coefficient (Wildman–Crippen LogP) is 1.09.